The fourth-order valence-electron chi connectivity index (χ4n) is 1.74. The predicted octanol–water partition coefficient (Wildman–Crippen LogP) is 1.94. The molecule has 0 aliphatic carbocycles. The number of nitrogens with zero attached hydrogens (tertiary/aromatic N) is 3. The standard InChI is InChI=1S/C11H8FN3O2S/c1-6-13-10(14-17-6)5-15-8-3-2-7(12)4-9(8)18-11(15)16/h2-4H,5H2,1H3. The Hall–Kier alpha value is -2.02. The van der Waals surface area contributed by atoms with E-state index in [2.05, 4.69) is 10.1 Å². The molecular formula is C11H8FN3O2S. The number of fused-ring (bicyclic) bond motifs is 1. The fourth-order valence-corrected chi connectivity index (χ4v) is 2.65. The van der Waals surface area contributed by atoms with Crippen molar-refractivity contribution in [3.63, 3.8) is 0 Å². The maximum atomic E-state index is 13.1. The van der Waals surface area contributed by atoms with Crippen molar-refractivity contribution in [2.75, 3.05) is 0 Å². The van der Waals surface area contributed by atoms with Crippen LogP contribution >= 0.6 is 11.3 Å². The highest BCUT2D eigenvalue weighted by Gasteiger charge is 2.11. The molecule has 2 heterocycles. The lowest BCUT2D eigenvalue weighted by molar-refractivity contribution is 0.386. The number of halogens is 1. The van der Waals surface area contributed by atoms with Crippen LogP contribution in [0.4, 0.5) is 4.39 Å². The molecule has 3 aromatic rings. The minimum atomic E-state index is -0.355. The Labute approximate surface area is 104 Å². The highest BCUT2D eigenvalue weighted by atomic mass is 32.1. The van der Waals surface area contributed by atoms with E-state index in [1.165, 1.54) is 16.7 Å². The van der Waals surface area contributed by atoms with Crippen LogP contribution in [0.15, 0.2) is 27.5 Å². The van der Waals surface area contributed by atoms with E-state index in [9.17, 15) is 9.18 Å². The van der Waals surface area contributed by atoms with E-state index in [0.29, 0.717) is 21.9 Å². The van der Waals surface area contributed by atoms with Crippen LogP contribution in [0.2, 0.25) is 0 Å². The van der Waals surface area contributed by atoms with E-state index in [1.54, 1.807) is 13.0 Å². The Morgan fingerprint density at radius 2 is 2.33 bits per heavy atom. The van der Waals surface area contributed by atoms with Crippen molar-refractivity contribution < 1.29 is 8.91 Å². The summed E-state index contributed by atoms with van der Waals surface area (Å²) in [5.74, 6) is 0.522. The van der Waals surface area contributed by atoms with Gasteiger partial charge in [-0.2, -0.15) is 4.98 Å². The van der Waals surface area contributed by atoms with Crippen LogP contribution in [0.3, 0.4) is 0 Å². The van der Waals surface area contributed by atoms with Crippen molar-refractivity contribution in [3.8, 4) is 0 Å². The molecule has 0 atom stereocenters. The second kappa shape index (κ2) is 4.02. The van der Waals surface area contributed by atoms with E-state index in [4.69, 9.17) is 4.52 Å². The van der Waals surface area contributed by atoms with Crippen LogP contribution in [0.25, 0.3) is 10.2 Å². The molecule has 1 aromatic carbocycles. The SMILES string of the molecule is Cc1nc(Cn2c(=O)sc3cc(F)ccc32)no1. The first-order valence-corrected chi connectivity index (χ1v) is 6.03. The van der Waals surface area contributed by atoms with Crippen molar-refractivity contribution >= 4 is 21.6 Å². The van der Waals surface area contributed by atoms with Gasteiger partial charge in [-0.25, -0.2) is 4.39 Å². The summed E-state index contributed by atoms with van der Waals surface area (Å²) in [5.41, 5.74) is 0.675. The lowest BCUT2D eigenvalue weighted by Crippen LogP contribution is -2.14. The number of hydrogen-bond acceptors (Lipinski definition) is 5. The van der Waals surface area contributed by atoms with Gasteiger partial charge in [-0.1, -0.05) is 16.5 Å². The number of thiazole rings is 1. The Kier molecular flexibility index (Phi) is 2.48. The molecule has 0 bridgehead atoms. The maximum Gasteiger partial charge on any atom is 0.308 e. The van der Waals surface area contributed by atoms with Gasteiger partial charge in [-0.3, -0.25) is 9.36 Å². The molecule has 0 fully saturated rings. The van der Waals surface area contributed by atoms with Gasteiger partial charge < -0.3 is 4.52 Å². The summed E-state index contributed by atoms with van der Waals surface area (Å²) in [5, 5.41) is 3.74. The number of benzene rings is 1. The molecule has 18 heavy (non-hydrogen) atoms. The van der Waals surface area contributed by atoms with Crippen molar-refractivity contribution in [2.24, 2.45) is 0 Å². The molecule has 7 heteroatoms. The van der Waals surface area contributed by atoms with Gasteiger partial charge in [-0.05, 0) is 18.2 Å². The quantitative estimate of drug-likeness (QED) is 0.710. The van der Waals surface area contributed by atoms with Gasteiger partial charge in [0.2, 0.25) is 5.89 Å². The monoisotopic (exact) mass is 265 g/mol. The van der Waals surface area contributed by atoms with Gasteiger partial charge in [0.15, 0.2) is 5.82 Å². The van der Waals surface area contributed by atoms with E-state index >= 15 is 0 Å². The van der Waals surface area contributed by atoms with Gasteiger partial charge in [0.1, 0.15) is 5.82 Å². The highest BCUT2D eigenvalue weighted by molar-refractivity contribution is 7.16. The third-order valence-corrected chi connectivity index (χ3v) is 3.44. The van der Waals surface area contributed by atoms with Crippen LogP contribution in [0.1, 0.15) is 11.7 Å². The third kappa shape index (κ3) is 1.82. The molecule has 0 aliphatic heterocycles. The Morgan fingerprint density at radius 1 is 1.50 bits per heavy atom. The van der Waals surface area contributed by atoms with Crippen molar-refractivity contribution in [2.45, 2.75) is 13.5 Å². The van der Waals surface area contributed by atoms with Crippen molar-refractivity contribution in [3.05, 3.63) is 45.4 Å². The van der Waals surface area contributed by atoms with Crippen molar-refractivity contribution in [1.29, 1.82) is 0 Å². The topological polar surface area (TPSA) is 60.9 Å². The Bertz CT molecular complexity index is 774. The minimum absolute atomic E-state index is 0.168. The largest absolute Gasteiger partial charge is 0.340 e. The minimum Gasteiger partial charge on any atom is -0.340 e. The molecule has 3 rings (SSSR count). The lowest BCUT2D eigenvalue weighted by Gasteiger charge is -1.98. The first-order valence-electron chi connectivity index (χ1n) is 5.21. The Morgan fingerprint density at radius 3 is 3.06 bits per heavy atom. The molecule has 0 amide bonds. The first-order chi connectivity index (χ1) is 8.63. The van der Waals surface area contributed by atoms with Gasteiger partial charge in [0.05, 0.1) is 16.8 Å². The number of aryl methyl sites for hydroxylation is 1. The molecule has 0 N–H and O–H groups in total. The molecule has 2 aromatic heterocycles. The highest BCUT2D eigenvalue weighted by Crippen LogP contribution is 2.18. The molecule has 0 saturated carbocycles. The molecule has 0 spiro atoms. The summed E-state index contributed by atoms with van der Waals surface area (Å²) in [4.78, 5) is 15.7. The second-order valence-corrected chi connectivity index (χ2v) is 4.79. The normalized spacial score (nSPS) is 11.2. The van der Waals surface area contributed by atoms with Gasteiger partial charge >= 0.3 is 4.87 Å². The third-order valence-electron chi connectivity index (χ3n) is 2.50. The summed E-state index contributed by atoms with van der Waals surface area (Å²) >= 11 is 1.00. The zero-order chi connectivity index (χ0) is 12.7. The van der Waals surface area contributed by atoms with Crippen LogP contribution < -0.4 is 4.87 Å². The Balaban J connectivity index is 2.11. The number of aromatic nitrogens is 3. The first kappa shape index (κ1) is 11.1. The van der Waals surface area contributed by atoms with Gasteiger partial charge in [-0.15, -0.1) is 0 Å². The summed E-state index contributed by atoms with van der Waals surface area (Å²) in [6.07, 6.45) is 0. The van der Waals surface area contributed by atoms with Crippen LogP contribution in [-0.2, 0) is 6.54 Å². The summed E-state index contributed by atoms with van der Waals surface area (Å²) in [6.45, 7) is 1.90. The van der Waals surface area contributed by atoms with Gasteiger partial charge in [0, 0.05) is 6.92 Å². The average Bonchev–Trinajstić information content (AvgIpc) is 2.84. The summed E-state index contributed by atoms with van der Waals surface area (Å²) < 4.78 is 20.0. The second-order valence-electron chi connectivity index (χ2n) is 3.80. The van der Waals surface area contributed by atoms with Gasteiger partial charge in [0.25, 0.3) is 0 Å². The zero-order valence-corrected chi connectivity index (χ0v) is 10.2. The fraction of sp³-hybridized carbons (Fsp3) is 0.182. The van der Waals surface area contributed by atoms with E-state index in [1.807, 2.05) is 0 Å². The van der Waals surface area contributed by atoms with E-state index < -0.39 is 0 Å². The number of rotatable bonds is 2. The maximum absolute atomic E-state index is 13.1. The molecule has 0 aliphatic rings. The molecule has 92 valence electrons. The molecule has 0 unspecified atom stereocenters. The summed E-state index contributed by atoms with van der Waals surface area (Å²) in [7, 11) is 0. The lowest BCUT2D eigenvalue weighted by atomic mass is 10.3. The number of hydrogen-bond donors (Lipinski definition) is 0. The molecule has 0 radical (unpaired) electrons. The average molecular weight is 265 g/mol. The predicted molar refractivity (Wildman–Crippen MR) is 64.2 cm³/mol. The van der Waals surface area contributed by atoms with Crippen LogP contribution in [0, 0.1) is 12.7 Å². The van der Waals surface area contributed by atoms with Crippen LogP contribution in [0.5, 0.6) is 0 Å². The van der Waals surface area contributed by atoms with E-state index in [-0.39, 0.29) is 17.2 Å². The van der Waals surface area contributed by atoms with Crippen molar-refractivity contribution in [1.82, 2.24) is 14.7 Å². The zero-order valence-electron chi connectivity index (χ0n) is 9.38. The molecular weight excluding hydrogens is 257 g/mol. The smallest absolute Gasteiger partial charge is 0.308 e. The molecule has 0 saturated heterocycles. The summed E-state index contributed by atoms with van der Waals surface area (Å²) in [6, 6.07) is 4.25. The van der Waals surface area contributed by atoms with E-state index in [0.717, 1.165) is 11.3 Å². The molecule has 5 nitrogen and oxygen atoms in total. The van der Waals surface area contributed by atoms with Crippen LogP contribution in [-0.4, -0.2) is 14.7 Å².